The lowest BCUT2D eigenvalue weighted by Gasteiger charge is -2.26. The van der Waals surface area contributed by atoms with Gasteiger partial charge in [0.2, 0.25) is 0 Å². The Bertz CT molecular complexity index is 144. The van der Waals surface area contributed by atoms with Crippen LogP contribution in [0.3, 0.4) is 0 Å². The average molecular weight is 187 g/mol. The molecule has 2 fully saturated rings. The zero-order chi connectivity index (χ0) is 8.93. The molecule has 2 heterocycles. The van der Waals surface area contributed by atoms with E-state index < -0.39 is 0 Å². The summed E-state index contributed by atoms with van der Waals surface area (Å²) in [5.41, 5.74) is 0. The normalized spacial score (nSPS) is 29.1. The van der Waals surface area contributed by atoms with E-state index in [0.717, 1.165) is 52.7 Å². The van der Waals surface area contributed by atoms with Gasteiger partial charge in [-0.15, -0.1) is 0 Å². The molecule has 0 amide bonds. The molecule has 76 valence electrons. The monoisotopic (exact) mass is 187 g/mol. The van der Waals surface area contributed by atoms with Crippen LogP contribution in [0.25, 0.3) is 0 Å². The first kappa shape index (κ1) is 9.40. The van der Waals surface area contributed by atoms with Crippen LogP contribution in [0.4, 0.5) is 0 Å². The van der Waals surface area contributed by atoms with Gasteiger partial charge in [0, 0.05) is 19.6 Å². The van der Waals surface area contributed by atoms with Gasteiger partial charge in [-0.3, -0.25) is 4.90 Å². The molecule has 2 saturated heterocycles. The lowest BCUT2D eigenvalue weighted by Crippen LogP contribution is -2.38. The van der Waals surface area contributed by atoms with Crippen molar-refractivity contribution >= 4 is 0 Å². The van der Waals surface area contributed by atoms with E-state index in [0.29, 0.717) is 6.10 Å². The highest BCUT2D eigenvalue weighted by molar-refractivity contribution is 4.67. The minimum atomic E-state index is 0.393. The van der Waals surface area contributed by atoms with Crippen molar-refractivity contribution in [3.63, 3.8) is 0 Å². The number of rotatable bonds is 5. The molecule has 0 aromatic carbocycles. The van der Waals surface area contributed by atoms with E-state index in [1.165, 1.54) is 0 Å². The molecular weight excluding hydrogens is 170 g/mol. The van der Waals surface area contributed by atoms with Crippen LogP contribution < -0.4 is 0 Å². The van der Waals surface area contributed by atoms with Gasteiger partial charge in [-0.2, -0.15) is 0 Å². The summed E-state index contributed by atoms with van der Waals surface area (Å²) in [6.07, 6.45) is 0.393. The van der Waals surface area contributed by atoms with E-state index in [1.54, 1.807) is 0 Å². The lowest BCUT2D eigenvalue weighted by atomic mass is 10.4. The number of epoxide rings is 1. The molecule has 0 bridgehead atoms. The Morgan fingerprint density at radius 1 is 1.31 bits per heavy atom. The molecule has 2 aliphatic rings. The van der Waals surface area contributed by atoms with Crippen LogP contribution in [-0.2, 0) is 14.2 Å². The van der Waals surface area contributed by atoms with Crippen LogP contribution >= 0.6 is 0 Å². The molecule has 0 N–H and O–H groups in total. The first-order valence-corrected chi connectivity index (χ1v) is 4.94. The molecule has 4 nitrogen and oxygen atoms in total. The second kappa shape index (κ2) is 4.91. The quantitative estimate of drug-likeness (QED) is 0.438. The molecule has 0 radical (unpaired) electrons. The number of morpholine rings is 1. The van der Waals surface area contributed by atoms with Crippen LogP contribution in [0.15, 0.2) is 0 Å². The molecule has 0 spiro atoms. The highest BCUT2D eigenvalue weighted by Gasteiger charge is 2.22. The second-order valence-corrected chi connectivity index (χ2v) is 3.48. The number of nitrogens with zero attached hydrogens (tertiary/aromatic N) is 1. The highest BCUT2D eigenvalue weighted by Crippen LogP contribution is 2.08. The van der Waals surface area contributed by atoms with Crippen molar-refractivity contribution < 1.29 is 14.2 Å². The van der Waals surface area contributed by atoms with Crippen molar-refractivity contribution in [1.82, 2.24) is 4.90 Å². The van der Waals surface area contributed by atoms with E-state index >= 15 is 0 Å². The second-order valence-electron chi connectivity index (χ2n) is 3.48. The van der Waals surface area contributed by atoms with Crippen molar-refractivity contribution in [2.45, 2.75) is 6.10 Å². The number of hydrogen-bond acceptors (Lipinski definition) is 4. The SMILES string of the molecule is C1CN(CCOC[C@@H]2CO2)CCO1. The van der Waals surface area contributed by atoms with E-state index in [-0.39, 0.29) is 0 Å². The molecule has 4 heteroatoms. The lowest BCUT2D eigenvalue weighted by molar-refractivity contribution is 0.0187. The van der Waals surface area contributed by atoms with Gasteiger partial charge in [0.1, 0.15) is 6.10 Å². The first-order valence-electron chi connectivity index (χ1n) is 4.94. The summed E-state index contributed by atoms with van der Waals surface area (Å²) in [4.78, 5) is 2.37. The molecular formula is C9H17NO3. The fourth-order valence-corrected chi connectivity index (χ4v) is 1.40. The summed E-state index contributed by atoms with van der Waals surface area (Å²) < 4.78 is 15.7. The Kier molecular flexibility index (Phi) is 3.55. The van der Waals surface area contributed by atoms with Gasteiger partial charge in [-0.1, -0.05) is 0 Å². The molecule has 13 heavy (non-hydrogen) atoms. The van der Waals surface area contributed by atoms with E-state index in [2.05, 4.69) is 4.90 Å². The Morgan fingerprint density at radius 3 is 2.77 bits per heavy atom. The van der Waals surface area contributed by atoms with Crippen molar-refractivity contribution in [3.05, 3.63) is 0 Å². The Hall–Kier alpha value is -0.160. The fourth-order valence-electron chi connectivity index (χ4n) is 1.40. The summed E-state index contributed by atoms with van der Waals surface area (Å²) >= 11 is 0. The summed E-state index contributed by atoms with van der Waals surface area (Å²) in [5, 5.41) is 0. The number of hydrogen-bond donors (Lipinski definition) is 0. The van der Waals surface area contributed by atoms with E-state index in [4.69, 9.17) is 14.2 Å². The minimum absolute atomic E-state index is 0.393. The van der Waals surface area contributed by atoms with Crippen LogP contribution in [0.5, 0.6) is 0 Å². The Balaban J connectivity index is 1.46. The van der Waals surface area contributed by atoms with E-state index in [9.17, 15) is 0 Å². The van der Waals surface area contributed by atoms with Crippen molar-refractivity contribution in [1.29, 1.82) is 0 Å². The van der Waals surface area contributed by atoms with Gasteiger partial charge < -0.3 is 14.2 Å². The van der Waals surface area contributed by atoms with Gasteiger partial charge in [-0.25, -0.2) is 0 Å². The third kappa shape index (κ3) is 3.60. The molecule has 0 aliphatic carbocycles. The van der Waals surface area contributed by atoms with Crippen molar-refractivity contribution in [3.8, 4) is 0 Å². The Morgan fingerprint density at radius 2 is 2.08 bits per heavy atom. The maximum Gasteiger partial charge on any atom is 0.104 e. The topological polar surface area (TPSA) is 34.2 Å². The third-order valence-corrected chi connectivity index (χ3v) is 2.36. The molecule has 2 rings (SSSR count). The molecule has 0 aromatic heterocycles. The van der Waals surface area contributed by atoms with Gasteiger partial charge in [0.15, 0.2) is 0 Å². The first-order chi connectivity index (χ1) is 6.45. The molecule has 0 saturated carbocycles. The smallest absolute Gasteiger partial charge is 0.104 e. The maximum atomic E-state index is 5.45. The third-order valence-electron chi connectivity index (χ3n) is 2.36. The van der Waals surface area contributed by atoms with Gasteiger partial charge in [-0.05, 0) is 0 Å². The molecule has 0 unspecified atom stereocenters. The molecule has 0 aromatic rings. The predicted molar refractivity (Wildman–Crippen MR) is 47.8 cm³/mol. The molecule has 1 atom stereocenters. The zero-order valence-corrected chi connectivity index (χ0v) is 7.91. The Labute approximate surface area is 78.7 Å². The van der Waals surface area contributed by atoms with Gasteiger partial charge in [0.05, 0.1) is 33.0 Å². The predicted octanol–water partition coefficient (Wildman–Crippen LogP) is -0.266. The van der Waals surface area contributed by atoms with Gasteiger partial charge >= 0.3 is 0 Å². The minimum Gasteiger partial charge on any atom is -0.379 e. The zero-order valence-electron chi connectivity index (χ0n) is 7.91. The van der Waals surface area contributed by atoms with Crippen LogP contribution in [0, 0.1) is 0 Å². The molecule has 2 aliphatic heterocycles. The highest BCUT2D eigenvalue weighted by atomic mass is 16.6. The number of ether oxygens (including phenoxy) is 3. The fraction of sp³-hybridized carbons (Fsp3) is 1.00. The standard InChI is InChI=1S/C9H17NO3/c1-4-11-5-2-10(1)3-6-12-7-9-8-13-9/h9H,1-8H2/t9-/m1/s1. The van der Waals surface area contributed by atoms with Crippen LogP contribution in [0.2, 0.25) is 0 Å². The van der Waals surface area contributed by atoms with E-state index in [1.807, 2.05) is 0 Å². The summed E-state index contributed by atoms with van der Waals surface area (Å²) in [6.45, 7) is 7.32. The van der Waals surface area contributed by atoms with Crippen molar-refractivity contribution in [2.24, 2.45) is 0 Å². The maximum absolute atomic E-state index is 5.45. The summed E-state index contributed by atoms with van der Waals surface area (Å²) in [7, 11) is 0. The van der Waals surface area contributed by atoms with Crippen molar-refractivity contribution in [2.75, 3.05) is 52.7 Å². The van der Waals surface area contributed by atoms with Gasteiger partial charge in [0.25, 0.3) is 0 Å². The van der Waals surface area contributed by atoms with Crippen LogP contribution in [-0.4, -0.2) is 63.7 Å². The largest absolute Gasteiger partial charge is 0.379 e. The van der Waals surface area contributed by atoms with Crippen LogP contribution in [0.1, 0.15) is 0 Å². The average Bonchev–Trinajstić information content (AvgIpc) is 2.98. The summed E-state index contributed by atoms with van der Waals surface area (Å²) in [6, 6.07) is 0. The summed E-state index contributed by atoms with van der Waals surface area (Å²) in [5.74, 6) is 0.